The third-order valence-electron chi connectivity index (χ3n) is 4.02. The number of aromatic hydroxyl groups is 1. The zero-order chi connectivity index (χ0) is 19.4. The molecule has 140 valence electrons. The van der Waals surface area contributed by atoms with Crippen molar-refractivity contribution in [3.63, 3.8) is 0 Å². The Balaban J connectivity index is 3.18. The monoisotopic (exact) mass is 347 g/mol. The molecule has 1 rings (SSSR count). The predicted molar refractivity (Wildman–Crippen MR) is 104 cm³/mol. The second kappa shape index (κ2) is 8.03. The number of phenols is 1. The molecule has 1 aromatic carbocycles. The van der Waals surface area contributed by atoms with Gasteiger partial charge >= 0.3 is 5.97 Å². The van der Waals surface area contributed by atoms with Gasteiger partial charge in [0.2, 0.25) is 0 Å². The molecule has 0 aliphatic rings. The number of rotatable bonds is 5. The maximum Gasteiger partial charge on any atom is 0.311 e. The number of aliphatic imine (C=N–C) groups is 1. The van der Waals surface area contributed by atoms with Gasteiger partial charge in [-0.2, -0.15) is 0 Å². The Morgan fingerprint density at radius 2 is 1.56 bits per heavy atom. The quantitative estimate of drug-likeness (QED) is 0.608. The molecule has 0 bridgehead atoms. The second-order valence-corrected chi connectivity index (χ2v) is 8.57. The van der Waals surface area contributed by atoms with Crippen LogP contribution >= 0.6 is 0 Å². The average molecular weight is 347 g/mol. The molecule has 4 heteroatoms. The Morgan fingerprint density at radius 3 is 1.96 bits per heavy atom. The fraction of sp³-hybridized carbons (Fsp3) is 0.619. The molecular weight excluding hydrogens is 314 g/mol. The van der Waals surface area contributed by atoms with Gasteiger partial charge in [0.05, 0.1) is 19.6 Å². The molecule has 0 atom stereocenters. The summed E-state index contributed by atoms with van der Waals surface area (Å²) in [6.07, 6.45) is 0.212. The van der Waals surface area contributed by atoms with Crippen molar-refractivity contribution in [2.24, 2.45) is 4.99 Å². The van der Waals surface area contributed by atoms with E-state index < -0.39 is 0 Å². The topological polar surface area (TPSA) is 58.9 Å². The molecule has 1 N–H and O–H groups in total. The van der Waals surface area contributed by atoms with Crippen LogP contribution in [0.25, 0.3) is 0 Å². The van der Waals surface area contributed by atoms with E-state index in [-0.39, 0.29) is 23.2 Å². The van der Waals surface area contributed by atoms with Crippen LogP contribution < -0.4 is 0 Å². The highest BCUT2D eigenvalue weighted by Gasteiger charge is 2.26. The van der Waals surface area contributed by atoms with Gasteiger partial charge < -0.3 is 9.84 Å². The number of carbonyl (C=O) groups is 1. The molecule has 0 saturated carbocycles. The number of nitrogens with zero attached hydrogens (tertiary/aromatic N) is 1. The second-order valence-electron chi connectivity index (χ2n) is 8.57. The lowest BCUT2D eigenvalue weighted by atomic mass is 9.78. The SMILES string of the molecule is CCOC(=O)CC(C)=NCc1cc(C(C)(C)C)c(O)c(C(C)(C)C)c1. The van der Waals surface area contributed by atoms with Crippen molar-refractivity contribution in [3.05, 3.63) is 28.8 Å². The van der Waals surface area contributed by atoms with Crippen LogP contribution in [0.1, 0.15) is 78.5 Å². The Hall–Kier alpha value is -1.84. The molecule has 0 aromatic heterocycles. The molecule has 0 radical (unpaired) electrons. The summed E-state index contributed by atoms with van der Waals surface area (Å²) in [6.45, 7) is 17.0. The molecule has 0 unspecified atom stereocenters. The van der Waals surface area contributed by atoms with Crippen molar-refractivity contribution >= 4 is 11.7 Å². The first-order chi connectivity index (χ1) is 11.4. The van der Waals surface area contributed by atoms with Gasteiger partial charge in [0.1, 0.15) is 5.75 Å². The molecule has 0 aliphatic carbocycles. The molecule has 0 saturated heterocycles. The largest absolute Gasteiger partial charge is 0.507 e. The van der Waals surface area contributed by atoms with E-state index >= 15 is 0 Å². The van der Waals surface area contributed by atoms with Crippen LogP contribution in [0.4, 0.5) is 0 Å². The highest BCUT2D eigenvalue weighted by molar-refractivity contribution is 5.97. The lowest BCUT2D eigenvalue weighted by Gasteiger charge is -2.28. The first-order valence-electron chi connectivity index (χ1n) is 8.88. The zero-order valence-electron chi connectivity index (χ0n) is 17.0. The fourth-order valence-electron chi connectivity index (χ4n) is 2.63. The normalized spacial score (nSPS) is 13.0. The van der Waals surface area contributed by atoms with Gasteiger partial charge in [-0.25, -0.2) is 0 Å². The molecular formula is C21H33NO3. The third-order valence-corrected chi connectivity index (χ3v) is 4.02. The number of esters is 1. The van der Waals surface area contributed by atoms with Gasteiger partial charge in [0.25, 0.3) is 0 Å². The van der Waals surface area contributed by atoms with Crippen molar-refractivity contribution in [2.75, 3.05) is 6.61 Å². The Kier molecular flexibility index (Phi) is 6.81. The van der Waals surface area contributed by atoms with Crippen LogP contribution in [0.2, 0.25) is 0 Å². The lowest BCUT2D eigenvalue weighted by molar-refractivity contribution is -0.141. The van der Waals surface area contributed by atoms with Crippen LogP contribution in [0.3, 0.4) is 0 Å². The minimum Gasteiger partial charge on any atom is -0.507 e. The van der Waals surface area contributed by atoms with E-state index in [1.54, 1.807) is 6.92 Å². The number of hydrogen-bond acceptors (Lipinski definition) is 4. The number of ether oxygens (including phenoxy) is 1. The molecule has 4 nitrogen and oxygen atoms in total. The van der Waals surface area contributed by atoms with Crippen LogP contribution in [0.5, 0.6) is 5.75 Å². The van der Waals surface area contributed by atoms with Crippen LogP contribution in [0.15, 0.2) is 17.1 Å². The summed E-state index contributed by atoms with van der Waals surface area (Å²) in [5, 5.41) is 10.7. The van der Waals surface area contributed by atoms with E-state index in [2.05, 4.69) is 46.5 Å². The van der Waals surface area contributed by atoms with Gasteiger partial charge in [-0.15, -0.1) is 0 Å². The summed E-state index contributed by atoms with van der Waals surface area (Å²) < 4.78 is 4.96. The number of carbonyl (C=O) groups excluding carboxylic acids is 1. The highest BCUT2D eigenvalue weighted by atomic mass is 16.5. The van der Waals surface area contributed by atoms with Crippen LogP contribution in [-0.2, 0) is 26.9 Å². The van der Waals surface area contributed by atoms with Gasteiger partial charge in [-0.3, -0.25) is 9.79 Å². The van der Waals surface area contributed by atoms with Crippen molar-refractivity contribution in [2.45, 2.75) is 79.2 Å². The van der Waals surface area contributed by atoms with E-state index in [0.29, 0.717) is 18.9 Å². The minimum atomic E-state index is -0.250. The average Bonchev–Trinajstić information content (AvgIpc) is 2.43. The number of benzene rings is 1. The first kappa shape index (κ1) is 21.2. The van der Waals surface area contributed by atoms with Crippen molar-refractivity contribution < 1.29 is 14.6 Å². The molecule has 0 amide bonds. The Labute approximate surface area is 152 Å². The summed E-state index contributed by atoms with van der Waals surface area (Å²) in [7, 11) is 0. The summed E-state index contributed by atoms with van der Waals surface area (Å²) in [5.74, 6) is 0.121. The van der Waals surface area contributed by atoms with Crippen LogP contribution in [-0.4, -0.2) is 23.4 Å². The smallest absolute Gasteiger partial charge is 0.311 e. The van der Waals surface area contributed by atoms with E-state index in [9.17, 15) is 9.90 Å². The molecule has 1 aromatic rings. The maximum atomic E-state index is 11.5. The van der Waals surface area contributed by atoms with Crippen LogP contribution in [0, 0.1) is 0 Å². The number of phenolic OH excluding ortho intramolecular Hbond substituents is 1. The summed E-state index contributed by atoms with van der Waals surface area (Å²) in [4.78, 5) is 16.1. The van der Waals surface area contributed by atoms with E-state index in [1.807, 2.05) is 19.1 Å². The van der Waals surface area contributed by atoms with Gasteiger partial charge in [-0.1, -0.05) is 41.5 Å². The molecule has 0 heterocycles. The minimum absolute atomic E-state index is 0.163. The lowest BCUT2D eigenvalue weighted by Crippen LogP contribution is -2.18. The summed E-state index contributed by atoms with van der Waals surface area (Å²) >= 11 is 0. The van der Waals surface area contributed by atoms with Crippen molar-refractivity contribution in [1.29, 1.82) is 0 Å². The van der Waals surface area contributed by atoms with Crippen molar-refractivity contribution in [3.8, 4) is 5.75 Å². The fourth-order valence-corrected chi connectivity index (χ4v) is 2.63. The zero-order valence-corrected chi connectivity index (χ0v) is 17.0. The standard InChI is InChI=1S/C21H33NO3/c1-9-25-18(23)10-14(2)22-13-15-11-16(20(3,4)5)19(24)17(12-15)21(6,7)8/h11-12,24H,9-10,13H2,1-8H3. The molecule has 0 fully saturated rings. The summed E-state index contributed by atoms with van der Waals surface area (Å²) in [6, 6.07) is 4.04. The number of hydrogen-bond donors (Lipinski definition) is 1. The van der Waals surface area contributed by atoms with Gasteiger partial charge in [0.15, 0.2) is 0 Å². The maximum absolute atomic E-state index is 11.5. The van der Waals surface area contributed by atoms with Crippen molar-refractivity contribution in [1.82, 2.24) is 0 Å². The Bertz CT molecular complexity index is 611. The van der Waals surface area contributed by atoms with E-state index in [4.69, 9.17) is 4.74 Å². The first-order valence-corrected chi connectivity index (χ1v) is 8.88. The molecule has 0 aliphatic heterocycles. The van der Waals surface area contributed by atoms with Gasteiger partial charge in [-0.05, 0) is 53.5 Å². The predicted octanol–water partition coefficient (Wildman–Crippen LogP) is 4.90. The molecule has 25 heavy (non-hydrogen) atoms. The third kappa shape index (κ3) is 6.18. The Morgan fingerprint density at radius 1 is 1.08 bits per heavy atom. The van der Waals surface area contributed by atoms with Gasteiger partial charge in [0, 0.05) is 5.71 Å². The van der Waals surface area contributed by atoms with E-state index in [0.717, 1.165) is 22.4 Å². The highest BCUT2D eigenvalue weighted by Crippen LogP contribution is 2.39. The molecule has 0 spiro atoms. The van der Waals surface area contributed by atoms with E-state index in [1.165, 1.54) is 0 Å². The summed E-state index contributed by atoms with van der Waals surface area (Å²) in [5.41, 5.74) is 3.31.